The van der Waals surface area contributed by atoms with E-state index < -0.39 is 0 Å². The fraction of sp³-hybridized carbons (Fsp3) is 0.0833. The highest BCUT2D eigenvalue weighted by Crippen LogP contribution is 2.22. The topological polar surface area (TPSA) is 47.5 Å². The Labute approximate surface area is 96.3 Å². The first kappa shape index (κ1) is 8.69. The summed E-state index contributed by atoms with van der Waals surface area (Å²) >= 11 is 0. The molecule has 0 aliphatic carbocycles. The van der Waals surface area contributed by atoms with E-state index in [2.05, 4.69) is 44.3 Å². The molecule has 0 N–H and O–H groups in total. The van der Waals surface area contributed by atoms with E-state index in [1.165, 1.54) is 10.9 Å². The van der Waals surface area contributed by atoms with Crippen molar-refractivity contribution in [2.45, 2.75) is 6.92 Å². The van der Waals surface area contributed by atoms with E-state index in [0.717, 1.165) is 16.9 Å². The average Bonchev–Trinajstić information content (AvgIpc) is 2.93. The van der Waals surface area contributed by atoms with Gasteiger partial charge in [-0.2, -0.15) is 4.52 Å². The van der Waals surface area contributed by atoms with E-state index in [-0.39, 0.29) is 0 Å². The molecular weight excluding hydrogens is 214 g/mol. The lowest BCUT2D eigenvalue weighted by molar-refractivity contribution is 0.799. The van der Waals surface area contributed by atoms with Crippen molar-refractivity contribution in [2.75, 3.05) is 0 Å². The van der Waals surface area contributed by atoms with Crippen LogP contribution in [0.4, 0.5) is 0 Å². The van der Waals surface area contributed by atoms with Crippen molar-refractivity contribution >= 4 is 22.1 Å². The molecule has 4 rings (SSSR count). The molecule has 1 aromatic carbocycles. The summed E-state index contributed by atoms with van der Waals surface area (Å²) in [4.78, 5) is 0. The third-order valence-corrected chi connectivity index (χ3v) is 3.10. The van der Waals surface area contributed by atoms with Crippen LogP contribution in [-0.4, -0.2) is 24.4 Å². The third-order valence-electron chi connectivity index (χ3n) is 3.10. The molecule has 3 aromatic heterocycles. The molecule has 0 spiro atoms. The fourth-order valence-electron chi connectivity index (χ4n) is 2.31. The van der Waals surface area contributed by atoms with Gasteiger partial charge >= 0.3 is 0 Å². The van der Waals surface area contributed by atoms with Crippen LogP contribution in [0.15, 0.2) is 36.5 Å². The molecule has 17 heavy (non-hydrogen) atoms. The Morgan fingerprint density at radius 1 is 1.12 bits per heavy atom. The van der Waals surface area contributed by atoms with Crippen LogP contribution in [0.3, 0.4) is 0 Å². The molecule has 0 saturated heterocycles. The first-order valence-corrected chi connectivity index (χ1v) is 5.42. The molecule has 0 unspecified atom stereocenters. The number of fused-ring (bicyclic) bond motifs is 5. The minimum absolute atomic E-state index is 0.793. The smallest absolute Gasteiger partial charge is 0.203 e. The molecule has 0 fully saturated rings. The number of nitrogens with zero attached hydrogens (tertiary/aromatic N) is 5. The molecule has 0 atom stereocenters. The van der Waals surface area contributed by atoms with Crippen LogP contribution in [-0.2, 0) is 0 Å². The van der Waals surface area contributed by atoms with Gasteiger partial charge < -0.3 is 4.40 Å². The zero-order valence-corrected chi connectivity index (χ0v) is 9.20. The standard InChI is InChI=1S/C12H9N5/c1-8-7-16-10-5-3-2-4-9(10)6-11(16)12-13-14-15-17(8)12/h2-7H,1H3. The van der Waals surface area contributed by atoms with Gasteiger partial charge in [0.15, 0.2) is 0 Å². The molecule has 0 bridgehead atoms. The summed E-state index contributed by atoms with van der Waals surface area (Å²) in [7, 11) is 0. The average molecular weight is 223 g/mol. The van der Waals surface area contributed by atoms with Gasteiger partial charge in [0.25, 0.3) is 0 Å². The van der Waals surface area contributed by atoms with Crippen LogP contribution < -0.4 is 0 Å². The van der Waals surface area contributed by atoms with Crippen LogP contribution in [0.5, 0.6) is 0 Å². The fourth-order valence-corrected chi connectivity index (χ4v) is 2.31. The maximum absolute atomic E-state index is 4.08. The second-order valence-electron chi connectivity index (χ2n) is 4.14. The van der Waals surface area contributed by atoms with Gasteiger partial charge in [-0.3, -0.25) is 0 Å². The molecule has 0 aliphatic heterocycles. The third kappa shape index (κ3) is 1.00. The molecule has 5 nitrogen and oxygen atoms in total. The monoisotopic (exact) mass is 223 g/mol. The quantitative estimate of drug-likeness (QED) is 0.457. The predicted molar refractivity (Wildman–Crippen MR) is 64.0 cm³/mol. The van der Waals surface area contributed by atoms with Crippen LogP contribution in [0, 0.1) is 6.92 Å². The van der Waals surface area contributed by atoms with E-state index >= 15 is 0 Å². The van der Waals surface area contributed by atoms with Gasteiger partial charge in [-0.1, -0.05) is 18.2 Å². The minimum atomic E-state index is 0.793. The van der Waals surface area contributed by atoms with E-state index in [1.54, 1.807) is 4.52 Å². The van der Waals surface area contributed by atoms with E-state index in [9.17, 15) is 0 Å². The highest BCUT2D eigenvalue weighted by molar-refractivity contribution is 5.91. The zero-order valence-electron chi connectivity index (χ0n) is 9.20. The molecular formula is C12H9N5. The summed E-state index contributed by atoms with van der Waals surface area (Å²) in [5.74, 6) is 0. The largest absolute Gasteiger partial charge is 0.311 e. The van der Waals surface area contributed by atoms with Crippen LogP contribution in [0.2, 0.25) is 0 Å². The molecule has 0 amide bonds. The summed E-state index contributed by atoms with van der Waals surface area (Å²) in [6.07, 6.45) is 2.06. The first-order chi connectivity index (χ1) is 8.34. The second kappa shape index (κ2) is 2.82. The Morgan fingerprint density at radius 3 is 2.94 bits per heavy atom. The highest BCUT2D eigenvalue weighted by Gasteiger charge is 2.10. The Hall–Kier alpha value is -2.43. The van der Waals surface area contributed by atoms with Gasteiger partial charge in [0.2, 0.25) is 5.65 Å². The molecule has 0 aliphatic rings. The lowest BCUT2D eigenvalue weighted by atomic mass is 10.2. The van der Waals surface area contributed by atoms with Crippen molar-refractivity contribution in [2.24, 2.45) is 0 Å². The normalized spacial score (nSPS) is 11.8. The molecule has 82 valence electrons. The second-order valence-corrected chi connectivity index (χ2v) is 4.14. The number of hydrogen-bond acceptors (Lipinski definition) is 3. The lowest BCUT2D eigenvalue weighted by Crippen LogP contribution is -1.98. The van der Waals surface area contributed by atoms with Gasteiger partial charge in [-0.25, -0.2) is 0 Å². The highest BCUT2D eigenvalue weighted by atomic mass is 15.5. The zero-order chi connectivity index (χ0) is 11.4. The van der Waals surface area contributed by atoms with Crippen LogP contribution in [0.25, 0.3) is 22.1 Å². The maximum Gasteiger partial charge on any atom is 0.203 e. The summed E-state index contributed by atoms with van der Waals surface area (Å²) in [5.41, 5.74) is 4.01. The predicted octanol–water partition coefficient (Wildman–Crippen LogP) is 1.84. The van der Waals surface area contributed by atoms with Crippen molar-refractivity contribution in [3.63, 3.8) is 0 Å². The van der Waals surface area contributed by atoms with Crippen molar-refractivity contribution in [1.82, 2.24) is 24.4 Å². The maximum atomic E-state index is 4.08. The molecule has 4 aromatic rings. The number of aromatic nitrogens is 5. The first-order valence-electron chi connectivity index (χ1n) is 5.42. The molecule has 3 heterocycles. The Kier molecular flexibility index (Phi) is 1.44. The Bertz CT molecular complexity index is 855. The Morgan fingerprint density at radius 2 is 2.00 bits per heavy atom. The van der Waals surface area contributed by atoms with Crippen molar-refractivity contribution < 1.29 is 0 Å². The van der Waals surface area contributed by atoms with Crippen molar-refractivity contribution in [3.05, 3.63) is 42.2 Å². The minimum Gasteiger partial charge on any atom is -0.311 e. The summed E-state index contributed by atoms with van der Waals surface area (Å²) in [6, 6.07) is 10.4. The van der Waals surface area contributed by atoms with Gasteiger partial charge in [0.1, 0.15) is 0 Å². The lowest BCUT2D eigenvalue weighted by Gasteiger charge is -2.01. The van der Waals surface area contributed by atoms with Crippen molar-refractivity contribution in [3.8, 4) is 0 Å². The van der Waals surface area contributed by atoms with E-state index in [4.69, 9.17) is 0 Å². The van der Waals surface area contributed by atoms with Crippen molar-refractivity contribution in [1.29, 1.82) is 0 Å². The molecule has 0 radical (unpaired) electrons. The van der Waals surface area contributed by atoms with Gasteiger partial charge in [-0.05, 0) is 29.5 Å². The summed E-state index contributed by atoms with van der Waals surface area (Å²) in [6.45, 7) is 2.00. The number of aryl methyl sites for hydroxylation is 1. The van der Waals surface area contributed by atoms with Crippen LogP contribution in [0.1, 0.15) is 5.69 Å². The Balaban J connectivity index is 2.39. The molecule has 0 saturated carbocycles. The van der Waals surface area contributed by atoms with E-state index in [1.807, 2.05) is 19.1 Å². The number of benzene rings is 1. The van der Waals surface area contributed by atoms with E-state index in [0.29, 0.717) is 0 Å². The van der Waals surface area contributed by atoms with Gasteiger partial charge in [0, 0.05) is 11.6 Å². The number of para-hydroxylation sites is 1. The molecule has 5 heteroatoms. The number of rotatable bonds is 0. The summed E-state index contributed by atoms with van der Waals surface area (Å²) < 4.78 is 3.89. The van der Waals surface area contributed by atoms with Gasteiger partial charge in [0.05, 0.1) is 16.7 Å². The van der Waals surface area contributed by atoms with Gasteiger partial charge in [-0.15, -0.1) is 5.10 Å². The number of tetrazole rings is 1. The summed E-state index contributed by atoms with van der Waals surface area (Å²) in [5, 5.41) is 13.0. The number of hydrogen-bond donors (Lipinski definition) is 0. The van der Waals surface area contributed by atoms with Crippen LogP contribution >= 0.6 is 0 Å². The SMILES string of the molecule is Cc1cn2c3ccccc3cc2c2nnnn12.